The smallest absolute Gasteiger partial charge is 0.264 e. The summed E-state index contributed by atoms with van der Waals surface area (Å²) in [5.74, 6) is -0.613. The van der Waals surface area contributed by atoms with E-state index in [1.807, 2.05) is 19.9 Å². The molecule has 0 fully saturated rings. The average molecular weight is 598 g/mol. The standard InChI is InChI=1S/C29H28ClN3O5S2/c1-20-9-11-25(18-21(20)2)32-39(35,36)26-14-12-24(13-15-26)31-29(34)19-33(28-16-10-23(30)17-22(28)3)40(37,38)27-7-5-4-6-8-27/h4-18,32H,19H2,1-3H3,(H,31,34). The fourth-order valence-corrected chi connectivity index (χ4v) is 6.77. The van der Waals surface area contributed by atoms with Crippen LogP contribution >= 0.6 is 11.6 Å². The maximum absolute atomic E-state index is 13.5. The van der Waals surface area contributed by atoms with Crippen LogP contribution in [0.3, 0.4) is 0 Å². The highest BCUT2D eigenvalue weighted by atomic mass is 35.5. The van der Waals surface area contributed by atoms with Gasteiger partial charge in [-0.15, -0.1) is 0 Å². The first-order valence-electron chi connectivity index (χ1n) is 12.2. The van der Waals surface area contributed by atoms with E-state index in [0.717, 1.165) is 15.4 Å². The Morgan fingerprint density at radius 3 is 2.00 bits per heavy atom. The van der Waals surface area contributed by atoms with Crippen molar-refractivity contribution in [1.29, 1.82) is 0 Å². The zero-order chi connectivity index (χ0) is 29.1. The van der Waals surface area contributed by atoms with Gasteiger partial charge in [-0.2, -0.15) is 0 Å². The van der Waals surface area contributed by atoms with Crippen molar-refractivity contribution in [2.75, 3.05) is 20.9 Å². The van der Waals surface area contributed by atoms with Gasteiger partial charge < -0.3 is 5.32 Å². The zero-order valence-corrected chi connectivity index (χ0v) is 24.4. The van der Waals surface area contributed by atoms with E-state index < -0.39 is 32.5 Å². The van der Waals surface area contributed by atoms with E-state index >= 15 is 0 Å². The van der Waals surface area contributed by atoms with Crippen LogP contribution < -0.4 is 14.3 Å². The van der Waals surface area contributed by atoms with Crippen LogP contribution in [-0.2, 0) is 24.8 Å². The van der Waals surface area contributed by atoms with Crippen LogP contribution in [0.25, 0.3) is 0 Å². The molecule has 2 N–H and O–H groups in total. The van der Waals surface area contributed by atoms with Gasteiger partial charge in [0.2, 0.25) is 5.91 Å². The average Bonchev–Trinajstić information content (AvgIpc) is 2.90. The number of halogens is 1. The topological polar surface area (TPSA) is 113 Å². The number of hydrogen-bond donors (Lipinski definition) is 2. The molecule has 1 amide bonds. The fraction of sp³-hybridized carbons (Fsp3) is 0.138. The lowest BCUT2D eigenvalue weighted by Crippen LogP contribution is -2.38. The summed E-state index contributed by atoms with van der Waals surface area (Å²) in [5, 5.41) is 3.09. The Kier molecular flexibility index (Phi) is 8.53. The summed E-state index contributed by atoms with van der Waals surface area (Å²) < 4.78 is 56.4. The van der Waals surface area contributed by atoms with Gasteiger partial charge in [0.05, 0.1) is 15.5 Å². The summed E-state index contributed by atoms with van der Waals surface area (Å²) in [6.07, 6.45) is 0. The number of hydrogen-bond acceptors (Lipinski definition) is 5. The molecular formula is C29H28ClN3O5S2. The second kappa shape index (κ2) is 11.7. The van der Waals surface area contributed by atoms with Gasteiger partial charge in [-0.1, -0.05) is 35.9 Å². The number of rotatable bonds is 9. The van der Waals surface area contributed by atoms with Crippen molar-refractivity contribution in [2.24, 2.45) is 0 Å². The van der Waals surface area contributed by atoms with Crippen LogP contribution in [0.4, 0.5) is 17.1 Å². The predicted molar refractivity (Wildman–Crippen MR) is 159 cm³/mol. The maximum Gasteiger partial charge on any atom is 0.264 e. The summed E-state index contributed by atoms with van der Waals surface area (Å²) in [6.45, 7) is 5.02. The Morgan fingerprint density at radius 1 is 0.725 bits per heavy atom. The fourth-order valence-electron chi connectivity index (χ4n) is 3.99. The molecule has 0 bridgehead atoms. The molecule has 0 saturated heterocycles. The number of amides is 1. The van der Waals surface area contributed by atoms with Crippen molar-refractivity contribution in [3.05, 3.63) is 113 Å². The van der Waals surface area contributed by atoms with E-state index in [-0.39, 0.29) is 9.79 Å². The van der Waals surface area contributed by atoms with E-state index in [1.54, 1.807) is 55.5 Å². The highest BCUT2D eigenvalue weighted by molar-refractivity contribution is 7.93. The van der Waals surface area contributed by atoms with Crippen molar-refractivity contribution in [1.82, 2.24) is 0 Å². The van der Waals surface area contributed by atoms with Gasteiger partial charge in [-0.05, 0) is 104 Å². The number of carbonyl (C=O) groups excluding carboxylic acids is 1. The minimum Gasteiger partial charge on any atom is -0.325 e. The summed E-state index contributed by atoms with van der Waals surface area (Å²) >= 11 is 6.07. The first-order chi connectivity index (χ1) is 18.9. The number of carbonyl (C=O) groups is 1. The quantitative estimate of drug-likeness (QED) is 0.249. The van der Waals surface area contributed by atoms with Gasteiger partial charge in [-0.25, -0.2) is 16.8 Å². The Bertz CT molecular complexity index is 1760. The molecule has 0 unspecified atom stereocenters. The molecule has 208 valence electrons. The lowest BCUT2D eigenvalue weighted by atomic mass is 10.1. The summed E-state index contributed by atoms with van der Waals surface area (Å²) in [7, 11) is -7.96. The number of benzene rings is 4. The third kappa shape index (κ3) is 6.64. The lowest BCUT2D eigenvalue weighted by molar-refractivity contribution is -0.114. The molecule has 0 aliphatic heterocycles. The van der Waals surface area contributed by atoms with E-state index in [1.165, 1.54) is 36.4 Å². The summed E-state index contributed by atoms with van der Waals surface area (Å²) in [5.41, 5.74) is 3.63. The first-order valence-corrected chi connectivity index (χ1v) is 15.5. The molecule has 4 aromatic rings. The van der Waals surface area contributed by atoms with Gasteiger partial charge in [0.1, 0.15) is 6.54 Å². The number of nitrogens with zero attached hydrogens (tertiary/aromatic N) is 1. The SMILES string of the molecule is Cc1ccc(NS(=O)(=O)c2ccc(NC(=O)CN(c3ccc(Cl)cc3C)S(=O)(=O)c3ccccc3)cc2)cc1C. The first kappa shape index (κ1) is 29.1. The molecule has 0 aliphatic carbocycles. The molecule has 11 heteroatoms. The van der Waals surface area contributed by atoms with Crippen LogP contribution in [-0.4, -0.2) is 29.3 Å². The number of anilines is 3. The molecular weight excluding hydrogens is 570 g/mol. The maximum atomic E-state index is 13.5. The van der Waals surface area contributed by atoms with E-state index in [9.17, 15) is 21.6 Å². The molecule has 4 rings (SSSR count). The second-order valence-electron chi connectivity index (χ2n) is 9.23. The van der Waals surface area contributed by atoms with Crippen LogP contribution in [0, 0.1) is 20.8 Å². The molecule has 4 aromatic carbocycles. The molecule has 0 saturated carbocycles. The third-order valence-corrected chi connectivity index (χ3v) is 9.66. The van der Waals surface area contributed by atoms with Gasteiger partial charge in [-0.3, -0.25) is 13.8 Å². The third-order valence-electron chi connectivity index (χ3n) is 6.25. The van der Waals surface area contributed by atoms with Gasteiger partial charge in [0.15, 0.2) is 0 Å². The summed E-state index contributed by atoms with van der Waals surface area (Å²) in [4.78, 5) is 13.1. The van der Waals surface area contributed by atoms with Crippen molar-refractivity contribution in [2.45, 2.75) is 30.6 Å². The molecule has 0 heterocycles. The van der Waals surface area contributed by atoms with Crippen molar-refractivity contribution >= 4 is 54.6 Å². The van der Waals surface area contributed by atoms with Crippen molar-refractivity contribution in [3.8, 4) is 0 Å². The minimum atomic E-state index is -4.10. The lowest BCUT2D eigenvalue weighted by Gasteiger charge is -2.25. The van der Waals surface area contributed by atoms with E-state index in [4.69, 9.17) is 11.6 Å². The summed E-state index contributed by atoms with van der Waals surface area (Å²) in [6, 6.07) is 23.4. The Hall–Kier alpha value is -3.86. The molecule has 40 heavy (non-hydrogen) atoms. The Balaban J connectivity index is 1.54. The molecule has 0 aromatic heterocycles. The van der Waals surface area contributed by atoms with Crippen LogP contribution in [0.5, 0.6) is 0 Å². The van der Waals surface area contributed by atoms with Gasteiger partial charge in [0.25, 0.3) is 20.0 Å². The van der Waals surface area contributed by atoms with Crippen molar-refractivity contribution in [3.63, 3.8) is 0 Å². The Labute approximate surface area is 239 Å². The van der Waals surface area contributed by atoms with Crippen LogP contribution in [0.15, 0.2) is 101 Å². The zero-order valence-electron chi connectivity index (χ0n) is 22.1. The second-order valence-corrected chi connectivity index (χ2v) is 13.2. The molecule has 0 radical (unpaired) electrons. The normalized spacial score (nSPS) is 11.6. The monoisotopic (exact) mass is 597 g/mol. The van der Waals surface area contributed by atoms with Crippen LogP contribution in [0.1, 0.15) is 16.7 Å². The number of aryl methyl sites for hydroxylation is 3. The highest BCUT2D eigenvalue weighted by Crippen LogP contribution is 2.29. The number of nitrogens with one attached hydrogen (secondary N) is 2. The molecule has 0 aliphatic rings. The minimum absolute atomic E-state index is 0.00815. The number of sulfonamides is 2. The predicted octanol–water partition coefficient (Wildman–Crippen LogP) is 5.90. The van der Waals surface area contributed by atoms with Gasteiger partial charge in [0, 0.05) is 16.4 Å². The van der Waals surface area contributed by atoms with Gasteiger partial charge >= 0.3 is 0 Å². The Morgan fingerprint density at radius 2 is 1.38 bits per heavy atom. The van der Waals surface area contributed by atoms with E-state index in [2.05, 4.69) is 10.0 Å². The molecule has 8 nitrogen and oxygen atoms in total. The molecule has 0 spiro atoms. The largest absolute Gasteiger partial charge is 0.325 e. The van der Waals surface area contributed by atoms with Crippen LogP contribution in [0.2, 0.25) is 5.02 Å². The van der Waals surface area contributed by atoms with Crippen molar-refractivity contribution < 1.29 is 21.6 Å². The van der Waals surface area contributed by atoms with E-state index in [0.29, 0.717) is 27.6 Å². The molecule has 0 atom stereocenters. The highest BCUT2D eigenvalue weighted by Gasteiger charge is 2.28.